The Bertz CT molecular complexity index is 609. The number of hydrogen-bond acceptors (Lipinski definition) is 2. The molecule has 0 atom stereocenters. The average molecular weight is 258 g/mol. The van der Waals surface area contributed by atoms with E-state index >= 15 is 0 Å². The van der Waals surface area contributed by atoms with Crippen LogP contribution in [0.1, 0.15) is 11.3 Å². The molecule has 0 radical (unpaired) electrons. The highest BCUT2D eigenvalue weighted by Crippen LogP contribution is 2.25. The first-order chi connectivity index (χ1) is 8.51. The van der Waals surface area contributed by atoms with Gasteiger partial charge in [0.2, 0.25) is 0 Å². The second kappa shape index (κ2) is 5.01. The van der Waals surface area contributed by atoms with Crippen molar-refractivity contribution in [2.24, 2.45) is 0 Å². The van der Waals surface area contributed by atoms with E-state index in [1.165, 1.54) is 0 Å². The zero-order valence-electron chi connectivity index (χ0n) is 11.3. The Morgan fingerprint density at radius 1 is 1.22 bits per heavy atom. The first kappa shape index (κ1) is 12.9. The average Bonchev–Trinajstić information content (AvgIpc) is 2.63. The zero-order valence-corrected chi connectivity index (χ0v) is 12.3. The van der Waals surface area contributed by atoms with Crippen molar-refractivity contribution in [1.82, 2.24) is 0 Å². The number of methoxy groups -OCH3 is 1. The zero-order chi connectivity index (χ0) is 13.2. The van der Waals surface area contributed by atoms with Gasteiger partial charge in [-0.25, -0.2) is 0 Å². The van der Waals surface area contributed by atoms with Crippen LogP contribution in [-0.4, -0.2) is 15.2 Å². The standard InChI is InChI=1S/C15H18O2Si/c1-16-11-15-13(9-10-18(2,3)4)12-7-5-6-8-14(12)17-15/h5-8H,11H2,1-4H3. The summed E-state index contributed by atoms with van der Waals surface area (Å²) in [5.41, 5.74) is 5.25. The molecule has 2 aromatic rings. The van der Waals surface area contributed by atoms with Gasteiger partial charge in [-0.3, -0.25) is 0 Å². The third-order valence-electron chi connectivity index (χ3n) is 2.51. The van der Waals surface area contributed by atoms with E-state index in [-0.39, 0.29) is 0 Å². The van der Waals surface area contributed by atoms with Crippen LogP contribution in [0.25, 0.3) is 11.0 Å². The molecule has 2 rings (SSSR count). The highest BCUT2D eigenvalue weighted by molar-refractivity contribution is 6.83. The lowest BCUT2D eigenvalue weighted by Crippen LogP contribution is -2.16. The van der Waals surface area contributed by atoms with Gasteiger partial charge in [-0.2, -0.15) is 0 Å². The van der Waals surface area contributed by atoms with Gasteiger partial charge in [0.05, 0.1) is 5.56 Å². The minimum atomic E-state index is -1.39. The van der Waals surface area contributed by atoms with Gasteiger partial charge in [-0.05, 0) is 12.1 Å². The quantitative estimate of drug-likeness (QED) is 0.604. The molecule has 1 heterocycles. The lowest BCUT2D eigenvalue weighted by Gasteiger charge is -2.03. The predicted molar refractivity (Wildman–Crippen MR) is 77.2 cm³/mol. The predicted octanol–water partition coefficient (Wildman–Crippen LogP) is 3.81. The molecule has 94 valence electrons. The fourth-order valence-electron chi connectivity index (χ4n) is 1.72. The van der Waals surface area contributed by atoms with Crippen molar-refractivity contribution in [3.05, 3.63) is 35.6 Å². The monoisotopic (exact) mass is 258 g/mol. The molecule has 0 spiro atoms. The third-order valence-corrected chi connectivity index (χ3v) is 3.38. The fourth-order valence-corrected chi connectivity index (χ4v) is 2.22. The number of benzene rings is 1. The van der Waals surface area contributed by atoms with Crippen molar-refractivity contribution < 1.29 is 9.15 Å². The molecule has 0 saturated carbocycles. The van der Waals surface area contributed by atoms with Crippen molar-refractivity contribution >= 4 is 19.0 Å². The molecule has 0 aliphatic heterocycles. The van der Waals surface area contributed by atoms with Crippen molar-refractivity contribution in [3.63, 3.8) is 0 Å². The van der Waals surface area contributed by atoms with E-state index in [4.69, 9.17) is 9.15 Å². The van der Waals surface area contributed by atoms with Crippen LogP contribution >= 0.6 is 0 Å². The van der Waals surface area contributed by atoms with Crippen LogP contribution in [0.3, 0.4) is 0 Å². The number of furan rings is 1. The minimum Gasteiger partial charge on any atom is -0.457 e. The van der Waals surface area contributed by atoms with Crippen molar-refractivity contribution in [2.45, 2.75) is 26.2 Å². The molecule has 0 aliphatic carbocycles. The molecule has 0 saturated heterocycles. The minimum absolute atomic E-state index is 0.463. The molecule has 0 bridgehead atoms. The van der Waals surface area contributed by atoms with E-state index in [2.05, 4.69) is 31.1 Å². The summed E-state index contributed by atoms with van der Waals surface area (Å²) in [6, 6.07) is 7.99. The molecule has 0 unspecified atom stereocenters. The van der Waals surface area contributed by atoms with Crippen LogP contribution in [0, 0.1) is 11.5 Å². The summed E-state index contributed by atoms with van der Waals surface area (Å²) in [5, 5.41) is 1.08. The highest BCUT2D eigenvalue weighted by atomic mass is 28.3. The Morgan fingerprint density at radius 2 is 1.94 bits per heavy atom. The van der Waals surface area contributed by atoms with Crippen LogP contribution in [-0.2, 0) is 11.3 Å². The maximum Gasteiger partial charge on any atom is 0.146 e. The van der Waals surface area contributed by atoms with E-state index in [9.17, 15) is 0 Å². The summed E-state index contributed by atoms with van der Waals surface area (Å²) in [6.07, 6.45) is 0. The molecule has 3 heteroatoms. The van der Waals surface area contributed by atoms with Gasteiger partial charge in [-0.15, -0.1) is 5.54 Å². The molecule has 18 heavy (non-hydrogen) atoms. The smallest absolute Gasteiger partial charge is 0.146 e. The lowest BCUT2D eigenvalue weighted by atomic mass is 10.1. The number of fused-ring (bicyclic) bond motifs is 1. The normalized spacial score (nSPS) is 11.3. The second-order valence-corrected chi connectivity index (χ2v) is 10.1. The Morgan fingerprint density at radius 3 is 2.61 bits per heavy atom. The van der Waals surface area contributed by atoms with Gasteiger partial charge in [0.1, 0.15) is 26.0 Å². The summed E-state index contributed by atoms with van der Waals surface area (Å²) in [6.45, 7) is 7.17. The van der Waals surface area contributed by atoms with Crippen LogP contribution in [0.2, 0.25) is 19.6 Å². The lowest BCUT2D eigenvalue weighted by molar-refractivity contribution is 0.166. The first-order valence-electron chi connectivity index (χ1n) is 6.04. The van der Waals surface area contributed by atoms with E-state index in [1.54, 1.807) is 7.11 Å². The van der Waals surface area contributed by atoms with Crippen molar-refractivity contribution in [3.8, 4) is 11.5 Å². The first-order valence-corrected chi connectivity index (χ1v) is 9.54. The van der Waals surface area contributed by atoms with Gasteiger partial charge in [0, 0.05) is 12.5 Å². The van der Waals surface area contributed by atoms with Crippen LogP contribution in [0.5, 0.6) is 0 Å². The number of rotatable bonds is 2. The molecular formula is C15H18O2Si. The summed E-state index contributed by atoms with van der Waals surface area (Å²) in [7, 11) is 0.279. The van der Waals surface area contributed by atoms with Crippen molar-refractivity contribution in [2.75, 3.05) is 7.11 Å². The van der Waals surface area contributed by atoms with Crippen LogP contribution < -0.4 is 0 Å². The van der Waals surface area contributed by atoms with Gasteiger partial charge in [0.25, 0.3) is 0 Å². The van der Waals surface area contributed by atoms with Crippen LogP contribution in [0.15, 0.2) is 28.7 Å². The molecule has 2 nitrogen and oxygen atoms in total. The SMILES string of the molecule is COCc1oc2ccccc2c1C#C[Si](C)(C)C. The fraction of sp³-hybridized carbons (Fsp3) is 0.333. The maximum atomic E-state index is 5.79. The largest absolute Gasteiger partial charge is 0.457 e. The van der Waals surface area contributed by atoms with E-state index in [0.717, 1.165) is 22.3 Å². The van der Waals surface area contributed by atoms with Gasteiger partial charge >= 0.3 is 0 Å². The molecule has 0 N–H and O–H groups in total. The third kappa shape index (κ3) is 2.84. The van der Waals surface area contributed by atoms with E-state index in [0.29, 0.717) is 6.61 Å². The highest BCUT2D eigenvalue weighted by Gasteiger charge is 2.13. The summed E-state index contributed by atoms with van der Waals surface area (Å²) in [4.78, 5) is 0. The number of ether oxygens (including phenoxy) is 1. The van der Waals surface area contributed by atoms with Crippen molar-refractivity contribution in [1.29, 1.82) is 0 Å². The van der Waals surface area contributed by atoms with E-state index in [1.807, 2.05) is 24.3 Å². The molecule has 1 aromatic carbocycles. The molecular weight excluding hydrogens is 240 g/mol. The summed E-state index contributed by atoms with van der Waals surface area (Å²) >= 11 is 0. The summed E-state index contributed by atoms with van der Waals surface area (Å²) in [5.74, 6) is 4.12. The number of para-hydroxylation sites is 1. The molecule has 1 aromatic heterocycles. The molecule has 0 aliphatic rings. The van der Waals surface area contributed by atoms with Gasteiger partial charge in [0.15, 0.2) is 0 Å². The Hall–Kier alpha value is -1.50. The number of hydrogen-bond donors (Lipinski definition) is 0. The summed E-state index contributed by atoms with van der Waals surface area (Å²) < 4.78 is 11.0. The Balaban J connectivity index is 2.57. The second-order valence-electron chi connectivity index (χ2n) is 5.33. The van der Waals surface area contributed by atoms with Crippen LogP contribution in [0.4, 0.5) is 0 Å². The van der Waals surface area contributed by atoms with Gasteiger partial charge in [-0.1, -0.05) is 37.7 Å². The topological polar surface area (TPSA) is 22.4 Å². The van der Waals surface area contributed by atoms with E-state index < -0.39 is 8.07 Å². The maximum absolute atomic E-state index is 5.79. The van der Waals surface area contributed by atoms with Gasteiger partial charge < -0.3 is 9.15 Å². The Labute approximate surface area is 109 Å². The molecule has 0 amide bonds. The molecule has 0 fully saturated rings. The Kier molecular flexibility index (Phi) is 3.60.